The number of aliphatic hydroxyl groups is 1. The van der Waals surface area contributed by atoms with Crippen LogP contribution in [0.5, 0.6) is 5.75 Å². The van der Waals surface area contributed by atoms with E-state index in [0.29, 0.717) is 38.0 Å². The van der Waals surface area contributed by atoms with Gasteiger partial charge in [0.05, 0.1) is 25.0 Å². The van der Waals surface area contributed by atoms with E-state index in [1.54, 1.807) is 0 Å². The zero-order valence-corrected chi connectivity index (χ0v) is 25.1. The van der Waals surface area contributed by atoms with Crippen molar-refractivity contribution in [2.45, 2.75) is 64.8 Å². The standard InChI is InChI=1S/C32H42N6O5/c1-21-27-8-9-37(17-23(27)6-7-28(21)42-19-29-22(2)34-20-43-29)18-26(39)16-33-32(40)24-14-30(35-25-4-3-5-25)36-31(15-24)38-10-12-41-13-11-38/h6-7,14-15,20,25-26,39H,3-5,8-13,16-19H2,1-2H3,(H,33,40)(H,35,36). The molecule has 2 fully saturated rings. The van der Waals surface area contributed by atoms with Crippen molar-refractivity contribution in [1.82, 2.24) is 20.2 Å². The first-order valence-electron chi connectivity index (χ1n) is 15.4. The maximum absolute atomic E-state index is 13.2. The summed E-state index contributed by atoms with van der Waals surface area (Å²) in [5.41, 5.74) is 5.06. The van der Waals surface area contributed by atoms with Gasteiger partial charge < -0.3 is 34.5 Å². The normalized spacial score (nSPS) is 18.1. The van der Waals surface area contributed by atoms with Crippen LogP contribution in [0.15, 0.2) is 35.1 Å². The number of fused-ring (bicyclic) bond motifs is 1. The van der Waals surface area contributed by atoms with Gasteiger partial charge in [-0.05, 0) is 74.4 Å². The Kier molecular flexibility index (Phi) is 9.11. The number of oxazole rings is 1. The molecule has 4 heterocycles. The summed E-state index contributed by atoms with van der Waals surface area (Å²) in [6.07, 6.45) is 5.08. The number of hydrogen-bond acceptors (Lipinski definition) is 10. The fraction of sp³-hybridized carbons (Fsp3) is 0.531. The molecular weight excluding hydrogens is 548 g/mol. The van der Waals surface area contributed by atoms with Gasteiger partial charge in [0.2, 0.25) is 0 Å². The second-order valence-electron chi connectivity index (χ2n) is 11.8. The Morgan fingerprint density at radius 2 is 2.02 bits per heavy atom. The van der Waals surface area contributed by atoms with E-state index < -0.39 is 6.10 Å². The van der Waals surface area contributed by atoms with Crippen LogP contribution in [0.2, 0.25) is 0 Å². The number of nitrogens with zero attached hydrogens (tertiary/aromatic N) is 4. The highest BCUT2D eigenvalue weighted by molar-refractivity contribution is 5.95. The van der Waals surface area contributed by atoms with Gasteiger partial charge in [-0.15, -0.1) is 0 Å². The van der Waals surface area contributed by atoms with Gasteiger partial charge in [-0.2, -0.15) is 0 Å². The van der Waals surface area contributed by atoms with Crippen LogP contribution in [0.1, 0.15) is 57.8 Å². The van der Waals surface area contributed by atoms with Crippen molar-refractivity contribution in [3.63, 3.8) is 0 Å². The molecule has 43 heavy (non-hydrogen) atoms. The molecule has 2 aliphatic heterocycles. The zero-order chi connectivity index (χ0) is 29.8. The molecule has 3 aliphatic rings. The van der Waals surface area contributed by atoms with E-state index in [2.05, 4.69) is 38.4 Å². The Morgan fingerprint density at radius 3 is 2.77 bits per heavy atom. The third-order valence-electron chi connectivity index (χ3n) is 8.75. The second-order valence-corrected chi connectivity index (χ2v) is 11.8. The van der Waals surface area contributed by atoms with Crippen molar-refractivity contribution in [3.8, 4) is 5.75 Å². The van der Waals surface area contributed by atoms with Crippen molar-refractivity contribution in [3.05, 3.63) is 64.4 Å². The van der Waals surface area contributed by atoms with Gasteiger partial charge in [0, 0.05) is 50.9 Å². The molecule has 3 aromatic rings. The molecule has 11 heteroatoms. The number of aliphatic hydroxyl groups excluding tert-OH is 1. The number of carbonyl (C=O) groups is 1. The first-order valence-corrected chi connectivity index (χ1v) is 15.4. The van der Waals surface area contributed by atoms with Crippen LogP contribution in [0.4, 0.5) is 11.6 Å². The summed E-state index contributed by atoms with van der Waals surface area (Å²) < 4.78 is 16.9. The smallest absolute Gasteiger partial charge is 0.251 e. The number of benzene rings is 1. The summed E-state index contributed by atoms with van der Waals surface area (Å²) in [5.74, 6) is 2.88. The molecule has 2 aromatic heterocycles. The van der Waals surface area contributed by atoms with E-state index in [1.165, 1.54) is 23.9 Å². The van der Waals surface area contributed by atoms with E-state index in [9.17, 15) is 9.90 Å². The topological polar surface area (TPSA) is 125 Å². The molecule has 0 spiro atoms. The van der Waals surface area contributed by atoms with Crippen LogP contribution < -0.4 is 20.3 Å². The van der Waals surface area contributed by atoms with Crippen LogP contribution in [0, 0.1) is 13.8 Å². The summed E-state index contributed by atoms with van der Waals surface area (Å²) in [4.78, 5) is 26.5. The minimum absolute atomic E-state index is 0.176. The Labute approximate surface area is 252 Å². The van der Waals surface area contributed by atoms with Gasteiger partial charge in [0.1, 0.15) is 24.0 Å². The number of hydrogen-bond donors (Lipinski definition) is 3. The largest absolute Gasteiger partial charge is 0.485 e. The molecule has 1 atom stereocenters. The molecule has 11 nitrogen and oxygen atoms in total. The van der Waals surface area contributed by atoms with Gasteiger partial charge in [-0.25, -0.2) is 9.97 Å². The van der Waals surface area contributed by atoms with Gasteiger partial charge in [0.25, 0.3) is 5.91 Å². The first kappa shape index (κ1) is 29.4. The number of morpholine rings is 1. The van der Waals surface area contributed by atoms with Gasteiger partial charge in [-0.3, -0.25) is 9.69 Å². The molecule has 1 saturated carbocycles. The number of rotatable bonds is 11. The number of nitrogens with one attached hydrogen (secondary N) is 2. The number of β-amino-alcohol motifs (C(OH)–C–C–N with tert-alkyl or cyclic N) is 1. The summed E-state index contributed by atoms with van der Waals surface area (Å²) in [6, 6.07) is 8.18. The number of carbonyl (C=O) groups excluding carboxylic acids is 1. The second kappa shape index (κ2) is 13.3. The highest BCUT2D eigenvalue weighted by Crippen LogP contribution is 2.30. The van der Waals surface area contributed by atoms with Gasteiger partial charge >= 0.3 is 0 Å². The summed E-state index contributed by atoms with van der Waals surface area (Å²) in [6.45, 7) is 9.36. The maximum Gasteiger partial charge on any atom is 0.251 e. The molecule has 3 N–H and O–H groups in total. The lowest BCUT2D eigenvalue weighted by atomic mass is 9.93. The quantitative estimate of drug-likeness (QED) is 0.307. The summed E-state index contributed by atoms with van der Waals surface area (Å²) in [5, 5.41) is 17.3. The molecule has 230 valence electrons. The Balaban J connectivity index is 1.03. The fourth-order valence-corrected chi connectivity index (χ4v) is 5.91. The number of aromatic nitrogens is 2. The summed E-state index contributed by atoms with van der Waals surface area (Å²) >= 11 is 0. The zero-order valence-electron chi connectivity index (χ0n) is 25.1. The monoisotopic (exact) mass is 590 g/mol. The van der Waals surface area contributed by atoms with E-state index in [4.69, 9.17) is 18.9 Å². The predicted octanol–water partition coefficient (Wildman–Crippen LogP) is 3.22. The van der Waals surface area contributed by atoms with Crippen molar-refractivity contribution in [2.75, 3.05) is 56.2 Å². The molecule has 0 bridgehead atoms. The Morgan fingerprint density at radius 1 is 1.19 bits per heavy atom. The van der Waals surface area contributed by atoms with Crippen molar-refractivity contribution >= 4 is 17.5 Å². The molecule has 1 saturated heterocycles. The highest BCUT2D eigenvalue weighted by atomic mass is 16.5. The van der Waals surface area contributed by atoms with E-state index in [1.807, 2.05) is 25.1 Å². The minimum atomic E-state index is -0.688. The van der Waals surface area contributed by atoms with Crippen LogP contribution in [0.3, 0.4) is 0 Å². The van der Waals surface area contributed by atoms with Gasteiger partial charge in [0.15, 0.2) is 12.2 Å². The lowest BCUT2D eigenvalue weighted by molar-refractivity contribution is 0.0841. The molecule has 1 aromatic carbocycles. The molecular formula is C32H42N6O5. The Bertz CT molecular complexity index is 1420. The number of ether oxygens (including phenoxy) is 2. The van der Waals surface area contributed by atoms with Crippen molar-refractivity contribution < 1.29 is 23.8 Å². The number of amides is 1. The number of aryl methyl sites for hydroxylation is 1. The SMILES string of the molecule is Cc1ncoc1COc1ccc2c(c1C)CCN(CC(O)CNC(=O)c1cc(NC3CCC3)nc(N3CCOCC3)c1)C2. The third-order valence-corrected chi connectivity index (χ3v) is 8.75. The van der Waals surface area contributed by atoms with Gasteiger partial charge in [-0.1, -0.05) is 6.07 Å². The Hall–Kier alpha value is -3.67. The number of anilines is 2. The number of pyridine rings is 1. The summed E-state index contributed by atoms with van der Waals surface area (Å²) in [7, 11) is 0. The average molecular weight is 591 g/mol. The molecule has 0 radical (unpaired) electrons. The van der Waals surface area contributed by atoms with E-state index >= 15 is 0 Å². The van der Waals surface area contributed by atoms with Crippen molar-refractivity contribution in [2.24, 2.45) is 0 Å². The minimum Gasteiger partial charge on any atom is -0.485 e. The fourth-order valence-electron chi connectivity index (χ4n) is 5.91. The lowest BCUT2D eigenvalue weighted by Crippen LogP contribution is -2.42. The highest BCUT2D eigenvalue weighted by Gasteiger charge is 2.24. The average Bonchev–Trinajstić information content (AvgIpc) is 3.42. The van der Waals surface area contributed by atoms with E-state index in [-0.39, 0.29) is 12.5 Å². The lowest BCUT2D eigenvalue weighted by Gasteiger charge is -2.32. The van der Waals surface area contributed by atoms with Crippen LogP contribution in [-0.4, -0.2) is 84.0 Å². The van der Waals surface area contributed by atoms with E-state index in [0.717, 1.165) is 79.8 Å². The third kappa shape index (κ3) is 7.11. The molecule has 1 aliphatic carbocycles. The first-order chi connectivity index (χ1) is 20.9. The van der Waals surface area contributed by atoms with Crippen LogP contribution in [0.25, 0.3) is 0 Å². The molecule has 1 amide bonds. The maximum atomic E-state index is 13.2. The molecule has 1 unspecified atom stereocenters. The van der Waals surface area contributed by atoms with Crippen molar-refractivity contribution in [1.29, 1.82) is 0 Å². The predicted molar refractivity (Wildman–Crippen MR) is 163 cm³/mol. The van der Waals surface area contributed by atoms with Crippen LogP contribution in [-0.2, 0) is 24.3 Å². The molecule has 6 rings (SSSR count). The van der Waals surface area contributed by atoms with Crippen LogP contribution >= 0.6 is 0 Å².